The first kappa shape index (κ1) is 17.0. The van der Waals surface area contributed by atoms with Gasteiger partial charge in [0.25, 0.3) is 6.47 Å². The van der Waals surface area contributed by atoms with Gasteiger partial charge in [-0.25, -0.2) is 4.79 Å². The topological polar surface area (TPSA) is 80.3 Å². The van der Waals surface area contributed by atoms with Crippen molar-refractivity contribution in [1.29, 1.82) is 0 Å². The lowest BCUT2D eigenvalue weighted by atomic mass is 9.92. The van der Waals surface area contributed by atoms with Crippen molar-refractivity contribution in [3.05, 3.63) is 6.10 Å². The highest BCUT2D eigenvalue weighted by molar-refractivity contribution is 5.60. The number of carbonyl (C=O) groups excluding carboxylic acids is 2. The van der Waals surface area contributed by atoms with Gasteiger partial charge in [-0.15, -0.1) is 0 Å². The standard InChI is InChI=1S/C15H23O7/c16-11-21-14(12-1-6-18-7-2-12)5-10-20-15(17)22-13-3-8-19-9-4-13/h11-13H,1-10H2. The van der Waals surface area contributed by atoms with E-state index in [1.807, 2.05) is 0 Å². The molecule has 2 aliphatic rings. The van der Waals surface area contributed by atoms with Crippen molar-refractivity contribution in [3.63, 3.8) is 0 Å². The van der Waals surface area contributed by atoms with E-state index in [1.54, 1.807) is 0 Å². The number of hydrogen-bond acceptors (Lipinski definition) is 7. The zero-order valence-corrected chi connectivity index (χ0v) is 12.7. The van der Waals surface area contributed by atoms with Gasteiger partial charge in [0.2, 0.25) is 0 Å². The Labute approximate surface area is 130 Å². The summed E-state index contributed by atoms with van der Waals surface area (Å²) in [5.74, 6) is 0.175. The van der Waals surface area contributed by atoms with E-state index < -0.39 is 6.16 Å². The van der Waals surface area contributed by atoms with Gasteiger partial charge in [0.05, 0.1) is 19.8 Å². The molecule has 2 fully saturated rings. The van der Waals surface area contributed by atoms with E-state index >= 15 is 0 Å². The van der Waals surface area contributed by atoms with E-state index in [1.165, 1.54) is 0 Å². The fourth-order valence-corrected chi connectivity index (χ4v) is 2.64. The summed E-state index contributed by atoms with van der Waals surface area (Å²) in [6, 6.07) is 0. The summed E-state index contributed by atoms with van der Waals surface area (Å²) < 4.78 is 25.8. The Morgan fingerprint density at radius 2 is 1.68 bits per heavy atom. The normalized spacial score (nSPS) is 20.6. The van der Waals surface area contributed by atoms with Crippen LogP contribution in [0.3, 0.4) is 0 Å². The van der Waals surface area contributed by atoms with E-state index in [9.17, 15) is 9.59 Å². The molecule has 0 aliphatic carbocycles. The summed E-state index contributed by atoms with van der Waals surface area (Å²) >= 11 is 0. The molecule has 0 aromatic carbocycles. The maximum atomic E-state index is 11.6. The Balaban J connectivity index is 1.65. The van der Waals surface area contributed by atoms with Crippen molar-refractivity contribution in [2.24, 2.45) is 5.92 Å². The van der Waals surface area contributed by atoms with Crippen LogP contribution in [0.5, 0.6) is 0 Å². The van der Waals surface area contributed by atoms with Gasteiger partial charge in [-0.3, -0.25) is 4.79 Å². The van der Waals surface area contributed by atoms with Crippen LogP contribution in [0.4, 0.5) is 4.79 Å². The lowest BCUT2D eigenvalue weighted by molar-refractivity contribution is -0.130. The predicted molar refractivity (Wildman–Crippen MR) is 74.8 cm³/mol. The second kappa shape index (κ2) is 9.63. The molecule has 0 aromatic heterocycles. The molecule has 2 aliphatic heterocycles. The first-order valence-corrected chi connectivity index (χ1v) is 7.74. The van der Waals surface area contributed by atoms with Gasteiger partial charge in [-0.05, 0) is 12.8 Å². The largest absolute Gasteiger partial charge is 0.508 e. The van der Waals surface area contributed by atoms with E-state index in [0.29, 0.717) is 58.3 Å². The molecular weight excluding hydrogens is 292 g/mol. The molecule has 0 unspecified atom stereocenters. The predicted octanol–water partition coefficient (Wildman–Crippen LogP) is 1.84. The van der Waals surface area contributed by atoms with Crippen LogP contribution in [-0.2, 0) is 28.5 Å². The number of ether oxygens (including phenoxy) is 5. The lowest BCUT2D eigenvalue weighted by Gasteiger charge is -2.27. The highest BCUT2D eigenvalue weighted by atomic mass is 16.7. The number of rotatable bonds is 7. The highest BCUT2D eigenvalue weighted by Gasteiger charge is 2.27. The third kappa shape index (κ3) is 5.81. The van der Waals surface area contributed by atoms with Gasteiger partial charge in [-0.2, -0.15) is 0 Å². The van der Waals surface area contributed by atoms with Crippen molar-refractivity contribution in [2.75, 3.05) is 33.0 Å². The van der Waals surface area contributed by atoms with Crippen molar-refractivity contribution < 1.29 is 33.3 Å². The zero-order chi connectivity index (χ0) is 15.6. The molecule has 0 aromatic rings. The van der Waals surface area contributed by atoms with Gasteiger partial charge < -0.3 is 23.7 Å². The van der Waals surface area contributed by atoms with Crippen LogP contribution >= 0.6 is 0 Å². The maximum absolute atomic E-state index is 11.6. The van der Waals surface area contributed by atoms with Crippen LogP contribution in [0.1, 0.15) is 32.1 Å². The molecule has 7 heteroatoms. The van der Waals surface area contributed by atoms with Gasteiger partial charge in [0.1, 0.15) is 6.10 Å². The van der Waals surface area contributed by atoms with Crippen LogP contribution < -0.4 is 0 Å². The molecular formula is C15H23O7. The minimum Gasteiger partial charge on any atom is -0.457 e. The molecule has 0 spiro atoms. The van der Waals surface area contributed by atoms with Crippen LogP contribution in [0.2, 0.25) is 0 Å². The van der Waals surface area contributed by atoms with Crippen molar-refractivity contribution in [1.82, 2.24) is 0 Å². The molecule has 7 nitrogen and oxygen atoms in total. The number of hydrogen-bond donors (Lipinski definition) is 0. The zero-order valence-electron chi connectivity index (χ0n) is 12.7. The Hall–Kier alpha value is -1.34. The molecule has 125 valence electrons. The van der Waals surface area contributed by atoms with Gasteiger partial charge >= 0.3 is 6.16 Å². The summed E-state index contributed by atoms with van der Waals surface area (Å²) in [4.78, 5) is 22.2. The minimum atomic E-state index is -0.677. The van der Waals surface area contributed by atoms with Crippen molar-refractivity contribution in [2.45, 2.75) is 38.2 Å². The van der Waals surface area contributed by atoms with E-state index in [4.69, 9.17) is 23.7 Å². The van der Waals surface area contributed by atoms with E-state index in [2.05, 4.69) is 0 Å². The molecule has 2 heterocycles. The smallest absolute Gasteiger partial charge is 0.457 e. The Kier molecular flexibility index (Phi) is 7.45. The SMILES string of the molecule is O=CO[C](CCOC(=O)OC1CCOCC1)C1CCOCC1. The minimum absolute atomic E-state index is 0.133. The van der Waals surface area contributed by atoms with E-state index in [0.717, 1.165) is 12.8 Å². The van der Waals surface area contributed by atoms with Gasteiger partial charge in [0.15, 0.2) is 6.10 Å². The van der Waals surface area contributed by atoms with E-state index in [-0.39, 0.29) is 18.6 Å². The highest BCUT2D eigenvalue weighted by Crippen LogP contribution is 2.28. The Bertz CT molecular complexity index is 335. The third-order valence-corrected chi connectivity index (χ3v) is 3.88. The van der Waals surface area contributed by atoms with Crippen LogP contribution in [0.25, 0.3) is 0 Å². The van der Waals surface area contributed by atoms with Gasteiger partial charge in [-0.1, -0.05) is 0 Å². The summed E-state index contributed by atoms with van der Waals surface area (Å²) in [5.41, 5.74) is 0. The molecule has 22 heavy (non-hydrogen) atoms. The van der Waals surface area contributed by atoms with Crippen molar-refractivity contribution in [3.8, 4) is 0 Å². The van der Waals surface area contributed by atoms with Crippen LogP contribution in [0.15, 0.2) is 0 Å². The average molecular weight is 315 g/mol. The second-order valence-corrected chi connectivity index (χ2v) is 5.35. The molecule has 1 radical (unpaired) electrons. The summed E-state index contributed by atoms with van der Waals surface area (Å²) in [5, 5.41) is 0. The molecule has 2 rings (SSSR count). The van der Waals surface area contributed by atoms with Gasteiger partial charge in [0, 0.05) is 38.4 Å². The fourth-order valence-electron chi connectivity index (χ4n) is 2.64. The second-order valence-electron chi connectivity index (χ2n) is 5.35. The molecule has 0 saturated carbocycles. The third-order valence-electron chi connectivity index (χ3n) is 3.88. The average Bonchev–Trinajstić information content (AvgIpc) is 2.56. The first-order chi connectivity index (χ1) is 10.8. The molecule has 2 saturated heterocycles. The first-order valence-electron chi connectivity index (χ1n) is 7.74. The van der Waals surface area contributed by atoms with Crippen LogP contribution in [-0.4, -0.2) is 51.8 Å². The quantitative estimate of drug-likeness (QED) is 0.524. The maximum Gasteiger partial charge on any atom is 0.508 e. The molecule has 0 amide bonds. The summed E-state index contributed by atoms with van der Waals surface area (Å²) in [6.07, 6.45) is 3.26. The lowest BCUT2D eigenvalue weighted by Crippen LogP contribution is -2.27. The molecule has 0 N–H and O–H groups in total. The Morgan fingerprint density at radius 1 is 1.05 bits per heavy atom. The summed E-state index contributed by atoms with van der Waals surface area (Å²) in [7, 11) is 0. The molecule has 0 atom stereocenters. The Morgan fingerprint density at radius 3 is 2.32 bits per heavy atom. The summed E-state index contributed by atoms with van der Waals surface area (Å²) in [6.45, 7) is 3.08. The van der Waals surface area contributed by atoms with Crippen molar-refractivity contribution >= 4 is 12.6 Å². The molecule has 0 bridgehead atoms. The van der Waals surface area contributed by atoms with Crippen LogP contribution in [0, 0.1) is 12.0 Å². The monoisotopic (exact) mass is 315 g/mol. The fraction of sp³-hybridized carbons (Fsp3) is 0.800. The number of carbonyl (C=O) groups is 2.